The van der Waals surface area contributed by atoms with Crippen LogP contribution in [0.25, 0.3) is 0 Å². The predicted octanol–water partition coefficient (Wildman–Crippen LogP) is -0.879. The molecule has 1 aliphatic heterocycles. The lowest BCUT2D eigenvalue weighted by molar-refractivity contribution is -0.137. The molecule has 80 valence electrons. The average molecular weight is 200 g/mol. The fourth-order valence-electron chi connectivity index (χ4n) is 1.52. The second-order valence-electron chi connectivity index (χ2n) is 3.86. The average Bonchev–Trinajstić information content (AvgIpc) is 3.01. The van der Waals surface area contributed by atoms with Gasteiger partial charge in [0.25, 0.3) is 5.91 Å². The van der Waals surface area contributed by atoms with Crippen LogP contribution in [0.1, 0.15) is 12.8 Å². The highest BCUT2D eigenvalue weighted by atomic mass is 16.5. The Hall–Kier alpha value is -0.650. The van der Waals surface area contributed by atoms with E-state index >= 15 is 0 Å². The number of nitrogens with one attached hydrogen (secondary N) is 1. The zero-order valence-corrected chi connectivity index (χ0v) is 8.11. The second-order valence-corrected chi connectivity index (χ2v) is 3.86. The fourth-order valence-corrected chi connectivity index (χ4v) is 1.52. The van der Waals surface area contributed by atoms with Crippen LogP contribution >= 0.6 is 0 Å². The highest BCUT2D eigenvalue weighted by molar-refractivity contribution is 5.80. The molecule has 2 aliphatic rings. The summed E-state index contributed by atoms with van der Waals surface area (Å²) in [6.07, 6.45) is 1.12. The number of aliphatic hydroxyl groups excluding tert-OH is 1. The fraction of sp³-hybridized carbons (Fsp3) is 0.889. The molecule has 1 saturated carbocycles. The maximum absolute atomic E-state index is 11.4. The first-order chi connectivity index (χ1) is 6.77. The molecule has 2 fully saturated rings. The van der Waals surface area contributed by atoms with Gasteiger partial charge in [-0.3, -0.25) is 10.2 Å². The third-order valence-electron chi connectivity index (χ3n) is 2.62. The normalized spacial score (nSPS) is 25.8. The Kier molecular flexibility index (Phi) is 3.00. The van der Waals surface area contributed by atoms with Gasteiger partial charge in [-0.15, -0.1) is 0 Å². The van der Waals surface area contributed by atoms with E-state index < -0.39 is 6.10 Å². The zero-order chi connectivity index (χ0) is 9.97. The molecule has 1 unspecified atom stereocenters. The van der Waals surface area contributed by atoms with Crippen LogP contribution in [0.2, 0.25) is 0 Å². The lowest BCUT2D eigenvalue weighted by atomic mass is 10.2. The lowest BCUT2D eigenvalue weighted by Crippen LogP contribution is -2.51. The van der Waals surface area contributed by atoms with Crippen LogP contribution in [0.3, 0.4) is 0 Å². The Balaban J connectivity index is 1.74. The van der Waals surface area contributed by atoms with Crippen LogP contribution in [0.4, 0.5) is 0 Å². The van der Waals surface area contributed by atoms with Crippen molar-refractivity contribution in [2.75, 3.05) is 26.3 Å². The van der Waals surface area contributed by atoms with Crippen LogP contribution in [-0.4, -0.2) is 48.4 Å². The van der Waals surface area contributed by atoms with Gasteiger partial charge in [0.2, 0.25) is 0 Å². The van der Waals surface area contributed by atoms with E-state index in [1.807, 2.05) is 0 Å². The number of rotatable bonds is 3. The number of amides is 1. The van der Waals surface area contributed by atoms with Crippen molar-refractivity contribution in [3.63, 3.8) is 0 Å². The van der Waals surface area contributed by atoms with E-state index in [-0.39, 0.29) is 11.8 Å². The minimum absolute atomic E-state index is 0.191. The van der Waals surface area contributed by atoms with Crippen LogP contribution in [0.5, 0.6) is 0 Å². The molecule has 1 heterocycles. The molecular weight excluding hydrogens is 184 g/mol. The van der Waals surface area contributed by atoms with Gasteiger partial charge >= 0.3 is 0 Å². The van der Waals surface area contributed by atoms with E-state index in [4.69, 9.17) is 4.74 Å². The molecule has 0 aromatic heterocycles. The van der Waals surface area contributed by atoms with E-state index in [0.29, 0.717) is 26.3 Å². The molecule has 2 rings (SSSR count). The number of nitrogens with zero attached hydrogens (tertiary/aromatic N) is 1. The van der Waals surface area contributed by atoms with Crippen molar-refractivity contribution in [2.24, 2.45) is 5.92 Å². The molecule has 14 heavy (non-hydrogen) atoms. The first-order valence-electron chi connectivity index (χ1n) is 5.08. The van der Waals surface area contributed by atoms with Gasteiger partial charge in [-0.1, -0.05) is 0 Å². The van der Waals surface area contributed by atoms with Crippen molar-refractivity contribution in [1.29, 1.82) is 0 Å². The van der Waals surface area contributed by atoms with Gasteiger partial charge in [-0.25, -0.2) is 5.01 Å². The van der Waals surface area contributed by atoms with Gasteiger partial charge < -0.3 is 9.84 Å². The van der Waals surface area contributed by atoms with Crippen LogP contribution in [0.15, 0.2) is 0 Å². The lowest BCUT2D eigenvalue weighted by Gasteiger charge is -2.27. The smallest absolute Gasteiger partial charge is 0.263 e. The molecule has 1 saturated heterocycles. The Labute approximate surface area is 83.0 Å². The summed E-state index contributed by atoms with van der Waals surface area (Å²) in [6.45, 7) is 2.67. The minimum Gasteiger partial charge on any atom is -0.383 e. The third-order valence-corrected chi connectivity index (χ3v) is 2.62. The number of carbonyl (C=O) groups is 1. The van der Waals surface area contributed by atoms with E-state index in [1.54, 1.807) is 5.01 Å². The number of ether oxygens (including phenoxy) is 1. The number of hydrogen-bond donors (Lipinski definition) is 2. The number of aliphatic hydroxyl groups is 1. The van der Waals surface area contributed by atoms with Crippen molar-refractivity contribution in [2.45, 2.75) is 18.9 Å². The molecule has 2 N–H and O–H groups in total. The summed E-state index contributed by atoms with van der Waals surface area (Å²) in [4.78, 5) is 11.4. The van der Waals surface area contributed by atoms with E-state index in [0.717, 1.165) is 12.8 Å². The SMILES string of the molecule is O=C(NN1CCOCC1)C(O)C1CC1. The highest BCUT2D eigenvalue weighted by Gasteiger charge is 2.35. The van der Waals surface area contributed by atoms with Gasteiger partial charge in [-0.2, -0.15) is 0 Å². The Bertz CT molecular complexity index is 212. The van der Waals surface area contributed by atoms with Gasteiger partial charge in [-0.05, 0) is 18.8 Å². The summed E-state index contributed by atoms with van der Waals surface area (Å²) in [6, 6.07) is 0. The molecule has 5 heteroatoms. The number of hydrazine groups is 1. The van der Waals surface area contributed by atoms with Gasteiger partial charge in [0.1, 0.15) is 6.10 Å². The largest absolute Gasteiger partial charge is 0.383 e. The maximum Gasteiger partial charge on any atom is 0.263 e. The predicted molar refractivity (Wildman–Crippen MR) is 49.3 cm³/mol. The molecule has 0 aromatic carbocycles. The van der Waals surface area contributed by atoms with Crippen LogP contribution < -0.4 is 5.43 Å². The standard InChI is InChI=1S/C9H16N2O3/c12-8(7-1-2-7)9(13)10-11-3-5-14-6-4-11/h7-8,12H,1-6H2,(H,10,13). The number of carbonyl (C=O) groups excluding carboxylic acids is 1. The van der Waals surface area contributed by atoms with Gasteiger partial charge in [0.15, 0.2) is 0 Å². The number of hydrogen-bond acceptors (Lipinski definition) is 4. The summed E-state index contributed by atoms with van der Waals surface area (Å²) in [5, 5.41) is 11.3. The van der Waals surface area contributed by atoms with Crippen molar-refractivity contribution >= 4 is 5.91 Å². The monoisotopic (exact) mass is 200 g/mol. The quantitative estimate of drug-likeness (QED) is 0.621. The number of morpholine rings is 1. The molecule has 0 aromatic rings. The second kappa shape index (κ2) is 4.25. The molecular formula is C9H16N2O3. The maximum atomic E-state index is 11.4. The molecule has 1 aliphatic carbocycles. The molecule has 0 bridgehead atoms. The molecule has 1 amide bonds. The first-order valence-corrected chi connectivity index (χ1v) is 5.08. The minimum atomic E-state index is -0.821. The van der Waals surface area contributed by atoms with Crippen molar-refractivity contribution in [3.8, 4) is 0 Å². The van der Waals surface area contributed by atoms with Crippen molar-refractivity contribution in [3.05, 3.63) is 0 Å². The highest BCUT2D eigenvalue weighted by Crippen LogP contribution is 2.32. The Morgan fingerprint density at radius 1 is 1.43 bits per heavy atom. The summed E-state index contributed by atoms with van der Waals surface area (Å²) >= 11 is 0. The molecule has 1 atom stereocenters. The summed E-state index contributed by atoms with van der Waals surface area (Å²) in [5.74, 6) is -0.0783. The molecule has 0 radical (unpaired) electrons. The van der Waals surface area contributed by atoms with Gasteiger partial charge in [0, 0.05) is 13.1 Å². The van der Waals surface area contributed by atoms with E-state index in [9.17, 15) is 9.90 Å². The summed E-state index contributed by atoms with van der Waals surface area (Å²) < 4.78 is 5.15. The van der Waals surface area contributed by atoms with Crippen molar-refractivity contribution < 1.29 is 14.6 Å². The molecule has 5 nitrogen and oxygen atoms in total. The molecule has 0 spiro atoms. The Morgan fingerprint density at radius 2 is 2.07 bits per heavy atom. The zero-order valence-electron chi connectivity index (χ0n) is 8.11. The van der Waals surface area contributed by atoms with E-state index in [1.165, 1.54) is 0 Å². The Morgan fingerprint density at radius 3 is 2.64 bits per heavy atom. The third kappa shape index (κ3) is 2.43. The van der Waals surface area contributed by atoms with E-state index in [2.05, 4.69) is 5.43 Å². The summed E-state index contributed by atoms with van der Waals surface area (Å²) in [7, 11) is 0. The van der Waals surface area contributed by atoms with Crippen LogP contribution in [-0.2, 0) is 9.53 Å². The first kappa shape index (κ1) is 9.89. The van der Waals surface area contributed by atoms with Crippen LogP contribution in [0, 0.1) is 5.92 Å². The topological polar surface area (TPSA) is 61.8 Å². The van der Waals surface area contributed by atoms with Gasteiger partial charge in [0.05, 0.1) is 13.2 Å². The van der Waals surface area contributed by atoms with Crippen molar-refractivity contribution in [1.82, 2.24) is 10.4 Å². The summed E-state index contributed by atoms with van der Waals surface area (Å²) in [5.41, 5.74) is 2.70.